The molecule has 25 heavy (non-hydrogen) atoms. The van der Waals surface area contributed by atoms with Crippen LogP contribution in [0, 0.1) is 5.92 Å². The highest BCUT2D eigenvalue weighted by molar-refractivity contribution is 9.10. The topological polar surface area (TPSA) is 89.4 Å². The zero-order valence-corrected chi connectivity index (χ0v) is 15.4. The molecule has 2 amide bonds. The number of hydrogen-bond acceptors (Lipinski definition) is 4. The van der Waals surface area contributed by atoms with E-state index in [1.165, 1.54) is 0 Å². The minimum Gasteiger partial charge on any atom is -0.441 e. The number of hydrogen-bond donors (Lipinski definition) is 1. The summed E-state index contributed by atoms with van der Waals surface area (Å²) in [6.07, 6.45) is 3.78. The molecule has 0 unspecified atom stereocenters. The monoisotopic (exact) mass is 405 g/mol. The SMILES string of the molecule is NC(=O)C1CCN(C(=O)CCc2ncc(-c3cccc(Br)c3)o2)CC1. The number of oxazole rings is 1. The van der Waals surface area contributed by atoms with Crippen molar-refractivity contribution in [3.05, 3.63) is 40.8 Å². The van der Waals surface area contributed by atoms with Gasteiger partial charge in [0.25, 0.3) is 0 Å². The number of amides is 2. The average Bonchev–Trinajstić information content (AvgIpc) is 3.09. The van der Waals surface area contributed by atoms with Crippen molar-refractivity contribution >= 4 is 27.7 Å². The van der Waals surface area contributed by atoms with Gasteiger partial charge in [0.1, 0.15) is 0 Å². The molecule has 7 heteroatoms. The molecule has 0 aliphatic carbocycles. The molecule has 0 saturated carbocycles. The van der Waals surface area contributed by atoms with Crippen LogP contribution in [0.5, 0.6) is 0 Å². The van der Waals surface area contributed by atoms with Crippen LogP contribution in [-0.2, 0) is 16.0 Å². The van der Waals surface area contributed by atoms with Crippen LogP contribution in [0.3, 0.4) is 0 Å². The summed E-state index contributed by atoms with van der Waals surface area (Å²) in [5, 5.41) is 0. The van der Waals surface area contributed by atoms with Gasteiger partial charge in [-0.25, -0.2) is 4.98 Å². The molecule has 1 saturated heterocycles. The Bertz CT molecular complexity index is 766. The lowest BCUT2D eigenvalue weighted by atomic mass is 9.96. The molecule has 1 fully saturated rings. The van der Waals surface area contributed by atoms with Crippen LogP contribution in [0.1, 0.15) is 25.2 Å². The maximum Gasteiger partial charge on any atom is 0.223 e. The molecule has 0 atom stereocenters. The summed E-state index contributed by atoms with van der Waals surface area (Å²) in [4.78, 5) is 29.5. The quantitative estimate of drug-likeness (QED) is 0.827. The van der Waals surface area contributed by atoms with Crippen LogP contribution in [0.15, 0.2) is 39.4 Å². The summed E-state index contributed by atoms with van der Waals surface area (Å²) in [5.41, 5.74) is 6.25. The Labute approximate surface area is 154 Å². The molecule has 1 aliphatic heterocycles. The van der Waals surface area contributed by atoms with Gasteiger partial charge >= 0.3 is 0 Å². The number of nitrogens with two attached hydrogens (primary N) is 1. The summed E-state index contributed by atoms with van der Waals surface area (Å²) in [7, 11) is 0. The molecular formula is C18H20BrN3O3. The first-order valence-corrected chi connectivity index (χ1v) is 9.10. The lowest BCUT2D eigenvalue weighted by Crippen LogP contribution is -2.41. The van der Waals surface area contributed by atoms with Gasteiger partial charge in [-0.3, -0.25) is 9.59 Å². The van der Waals surface area contributed by atoms with Crippen LogP contribution >= 0.6 is 15.9 Å². The Morgan fingerprint density at radius 3 is 2.76 bits per heavy atom. The third-order valence-corrected chi connectivity index (χ3v) is 4.96. The predicted molar refractivity (Wildman–Crippen MR) is 96.5 cm³/mol. The van der Waals surface area contributed by atoms with Crippen molar-refractivity contribution in [3.63, 3.8) is 0 Å². The summed E-state index contributed by atoms with van der Waals surface area (Å²) in [5.74, 6) is 0.919. The van der Waals surface area contributed by atoms with Crippen molar-refractivity contribution < 1.29 is 14.0 Å². The Balaban J connectivity index is 1.52. The van der Waals surface area contributed by atoms with E-state index in [1.54, 1.807) is 11.1 Å². The van der Waals surface area contributed by atoms with E-state index in [0.29, 0.717) is 50.4 Å². The number of rotatable bonds is 5. The highest BCUT2D eigenvalue weighted by Crippen LogP contribution is 2.24. The number of primary amides is 1. The largest absolute Gasteiger partial charge is 0.441 e. The first-order chi connectivity index (χ1) is 12.0. The molecule has 0 radical (unpaired) electrons. The Morgan fingerprint density at radius 1 is 1.32 bits per heavy atom. The molecule has 1 aromatic heterocycles. The fourth-order valence-corrected chi connectivity index (χ4v) is 3.39. The molecule has 0 spiro atoms. The highest BCUT2D eigenvalue weighted by atomic mass is 79.9. The zero-order chi connectivity index (χ0) is 17.8. The number of aromatic nitrogens is 1. The smallest absolute Gasteiger partial charge is 0.223 e. The van der Waals surface area contributed by atoms with E-state index < -0.39 is 0 Å². The number of benzene rings is 1. The van der Waals surface area contributed by atoms with Gasteiger partial charge in [-0.15, -0.1) is 0 Å². The minimum atomic E-state index is -0.271. The second-order valence-corrected chi connectivity index (χ2v) is 7.10. The number of carbonyl (C=O) groups is 2. The fraction of sp³-hybridized carbons (Fsp3) is 0.389. The lowest BCUT2D eigenvalue weighted by molar-refractivity contribution is -0.134. The molecule has 0 bridgehead atoms. The first kappa shape index (κ1) is 17.7. The van der Waals surface area contributed by atoms with E-state index in [-0.39, 0.29) is 17.7 Å². The maximum atomic E-state index is 12.3. The highest BCUT2D eigenvalue weighted by Gasteiger charge is 2.25. The van der Waals surface area contributed by atoms with E-state index in [1.807, 2.05) is 24.3 Å². The second-order valence-electron chi connectivity index (χ2n) is 6.19. The summed E-state index contributed by atoms with van der Waals surface area (Å²) in [6.45, 7) is 1.17. The fourth-order valence-electron chi connectivity index (χ4n) is 2.99. The van der Waals surface area contributed by atoms with Gasteiger partial charge in [0.2, 0.25) is 11.8 Å². The molecule has 132 valence electrons. The Kier molecular flexibility index (Phi) is 5.53. The predicted octanol–water partition coefficient (Wildman–Crippen LogP) is 2.76. The molecule has 1 aliphatic rings. The van der Waals surface area contributed by atoms with Crippen molar-refractivity contribution in [2.24, 2.45) is 11.7 Å². The van der Waals surface area contributed by atoms with E-state index in [2.05, 4.69) is 20.9 Å². The van der Waals surface area contributed by atoms with E-state index in [4.69, 9.17) is 10.2 Å². The number of piperidine rings is 1. The minimum absolute atomic E-state index is 0.0603. The molecule has 2 heterocycles. The van der Waals surface area contributed by atoms with Crippen LogP contribution in [0.4, 0.5) is 0 Å². The normalized spacial score (nSPS) is 15.3. The van der Waals surface area contributed by atoms with Gasteiger partial charge in [-0.05, 0) is 25.0 Å². The number of halogens is 1. The van der Waals surface area contributed by atoms with Crippen LogP contribution < -0.4 is 5.73 Å². The van der Waals surface area contributed by atoms with Gasteiger partial charge in [0, 0.05) is 41.9 Å². The first-order valence-electron chi connectivity index (χ1n) is 8.30. The van der Waals surface area contributed by atoms with Gasteiger partial charge in [-0.1, -0.05) is 28.1 Å². The molecule has 2 N–H and O–H groups in total. The number of likely N-dealkylation sites (tertiary alicyclic amines) is 1. The summed E-state index contributed by atoms with van der Waals surface area (Å²) >= 11 is 3.43. The molecule has 3 rings (SSSR count). The molecular weight excluding hydrogens is 386 g/mol. The number of carbonyl (C=O) groups excluding carboxylic acids is 2. The van der Waals surface area contributed by atoms with Crippen LogP contribution in [0.25, 0.3) is 11.3 Å². The van der Waals surface area contributed by atoms with Gasteiger partial charge in [0.15, 0.2) is 11.7 Å². The Hall–Kier alpha value is -2.15. The van der Waals surface area contributed by atoms with Gasteiger partial charge < -0.3 is 15.1 Å². The Morgan fingerprint density at radius 2 is 2.08 bits per heavy atom. The molecule has 1 aromatic carbocycles. The summed E-state index contributed by atoms with van der Waals surface area (Å²) < 4.78 is 6.72. The van der Waals surface area contributed by atoms with E-state index in [0.717, 1.165) is 10.0 Å². The van der Waals surface area contributed by atoms with Crippen molar-refractivity contribution in [1.82, 2.24) is 9.88 Å². The van der Waals surface area contributed by atoms with Gasteiger partial charge in [0.05, 0.1) is 6.20 Å². The van der Waals surface area contributed by atoms with Crippen molar-refractivity contribution in [1.29, 1.82) is 0 Å². The van der Waals surface area contributed by atoms with E-state index >= 15 is 0 Å². The average molecular weight is 406 g/mol. The van der Waals surface area contributed by atoms with Crippen molar-refractivity contribution in [2.75, 3.05) is 13.1 Å². The summed E-state index contributed by atoms with van der Waals surface area (Å²) in [6, 6.07) is 7.78. The van der Waals surface area contributed by atoms with Crippen molar-refractivity contribution in [3.8, 4) is 11.3 Å². The zero-order valence-electron chi connectivity index (χ0n) is 13.8. The third-order valence-electron chi connectivity index (χ3n) is 4.47. The second kappa shape index (κ2) is 7.82. The number of aryl methyl sites for hydroxylation is 1. The standard InChI is InChI=1S/C18H20BrN3O3/c19-14-3-1-2-13(10-14)15-11-21-16(25-15)4-5-17(23)22-8-6-12(7-9-22)18(20)24/h1-3,10-12H,4-9H2,(H2,20,24). The number of nitrogens with zero attached hydrogens (tertiary/aromatic N) is 2. The molecule has 2 aromatic rings. The van der Waals surface area contributed by atoms with Gasteiger partial charge in [-0.2, -0.15) is 0 Å². The van der Waals surface area contributed by atoms with Crippen molar-refractivity contribution in [2.45, 2.75) is 25.7 Å². The van der Waals surface area contributed by atoms with Crippen LogP contribution in [-0.4, -0.2) is 34.8 Å². The maximum absolute atomic E-state index is 12.3. The molecule has 6 nitrogen and oxygen atoms in total. The van der Waals surface area contributed by atoms with E-state index in [9.17, 15) is 9.59 Å². The van der Waals surface area contributed by atoms with Crippen LogP contribution in [0.2, 0.25) is 0 Å². The third kappa shape index (κ3) is 4.48. The lowest BCUT2D eigenvalue weighted by Gasteiger charge is -2.30.